The van der Waals surface area contributed by atoms with Gasteiger partial charge in [-0.15, -0.1) is 0 Å². The van der Waals surface area contributed by atoms with Crippen LogP contribution in [0.25, 0.3) is 60.6 Å². The Hall–Kier alpha value is -7.62. The maximum atomic E-state index is 6.58. The summed E-state index contributed by atoms with van der Waals surface area (Å²) in [4.78, 5) is 2.48. The number of anilines is 3. The molecular weight excluding hydrogens is 705 g/mol. The highest BCUT2D eigenvalue weighted by Crippen LogP contribution is 2.58. The van der Waals surface area contributed by atoms with Gasteiger partial charge < -0.3 is 13.9 Å². The summed E-state index contributed by atoms with van der Waals surface area (Å²) in [6.45, 7) is 0. The molecule has 0 atom stereocenters. The van der Waals surface area contributed by atoms with Crippen molar-refractivity contribution >= 4 is 60.8 Å². The Bertz CT molecular complexity index is 3300. The second-order valence-electron chi connectivity index (χ2n) is 15.2. The van der Waals surface area contributed by atoms with Gasteiger partial charge in [0, 0.05) is 27.5 Å². The monoisotopic (exact) mass is 740 g/mol. The van der Waals surface area contributed by atoms with E-state index in [4.69, 9.17) is 4.42 Å². The van der Waals surface area contributed by atoms with E-state index in [1.54, 1.807) is 0 Å². The zero-order chi connectivity index (χ0) is 38.2. The number of fused-ring (bicyclic) bond motifs is 9. The standard InChI is InChI=1S/C55H36N2O/c1-4-18-37(19-5-1)55(38-20-6-2-7-21-38)46-28-13-10-24-41(46)42-35-34-40(36-47(42)55)56(49-30-17-33-52-53(49)45-26-12-15-32-51(45)58-52)50-31-16-27-44-43-25-11-14-29-48(43)57(54(44)50)39-22-8-3-9-23-39/h1-36H. The lowest BCUT2D eigenvalue weighted by molar-refractivity contribution is 0.669. The zero-order valence-electron chi connectivity index (χ0n) is 31.6. The largest absolute Gasteiger partial charge is 0.456 e. The van der Waals surface area contributed by atoms with Crippen LogP contribution in [0.4, 0.5) is 17.1 Å². The van der Waals surface area contributed by atoms with Crippen molar-refractivity contribution in [2.75, 3.05) is 4.90 Å². The lowest BCUT2D eigenvalue weighted by Gasteiger charge is -2.35. The molecule has 0 unspecified atom stereocenters. The summed E-state index contributed by atoms with van der Waals surface area (Å²) in [5.41, 5.74) is 15.3. The summed E-state index contributed by atoms with van der Waals surface area (Å²) in [5.74, 6) is 0. The van der Waals surface area contributed by atoms with E-state index in [2.05, 4.69) is 222 Å². The van der Waals surface area contributed by atoms with Crippen molar-refractivity contribution in [1.82, 2.24) is 4.57 Å². The van der Waals surface area contributed by atoms with Crippen molar-refractivity contribution in [1.29, 1.82) is 0 Å². The van der Waals surface area contributed by atoms with Crippen LogP contribution in [0.3, 0.4) is 0 Å². The number of furan rings is 1. The van der Waals surface area contributed by atoms with Gasteiger partial charge in [0.2, 0.25) is 0 Å². The van der Waals surface area contributed by atoms with E-state index in [0.717, 1.165) is 50.2 Å². The molecule has 12 rings (SSSR count). The maximum Gasteiger partial charge on any atom is 0.137 e. The quantitative estimate of drug-likeness (QED) is 0.169. The molecule has 9 aromatic carbocycles. The Labute approximate surface area is 336 Å². The molecule has 0 bridgehead atoms. The first-order valence-electron chi connectivity index (χ1n) is 19.9. The van der Waals surface area contributed by atoms with Crippen molar-refractivity contribution in [3.05, 3.63) is 241 Å². The summed E-state index contributed by atoms with van der Waals surface area (Å²) in [6, 6.07) is 79.3. The number of aromatic nitrogens is 1. The van der Waals surface area contributed by atoms with E-state index in [1.165, 1.54) is 49.7 Å². The van der Waals surface area contributed by atoms with Gasteiger partial charge in [0.1, 0.15) is 11.2 Å². The normalized spacial score (nSPS) is 13.0. The van der Waals surface area contributed by atoms with Gasteiger partial charge in [-0.3, -0.25) is 0 Å². The average Bonchev–Trinajstić information content (AvgIpc) is 3.95. The van der Waals surface area contributed by atoms with Gasteiger partial charge >= 0.3 is 0 Å². The molecule has 1 aliphatic rings. The lowest BCUT2D eigenvalue weighted by Crippen LogP contribution is -2.28. The van der Waals surface area contributed by atoms with Gasteiger partial charge in [-0.2, -0.15) is 0 Å². The van der Waals surface area contributed by atoms with E-state index < -0.39 is 5.41 Å². The minimum Gasteiger partial charge on any atom is -0.456 e. The third kappa shape index (κ3) is 4.56. The fraction of sp³-hybridized carbons (Fsp3) is 0.0182. The van der Waals surface area contributed by atoms with E-state index >= 15 is 0 Å². The predicted octanol–water partition coefficient (Wildman–Crippen LogP) is 14.5. The number of hydrogen-bond donors (Lipinski definition) is 0. The summed E-state index contributed by atoms with van der Waals surface area (Å²) in [6.07, 6.45) is 0. The molecule has 3 heteroatoms. The van der Waals surface area contributed by atoms with E-state index in [-0.39, 0.29) is 0 Å². The maximum absolute atomic E-state index is 6.58. The van der Waals surface area contributed by atoms with Crippen molar-refractivity contribution in [3.8, 4) is 16.8 Å². The van der Waals surface area contributed by atoms with Crippen LogP contribution in [-0.2, 0) is 5.41 Å². The Morgan fingerprint density at radius 2 is 1.00 bits per heavy atom. The van der Waals surface area contributed by atoms with Crippen LogP contribution in [0.2, 0.25) is 0 Å². The molecule has 2 heterocycles. The van der Waals surface area contributed by atoms with Crippen molar-refractivity contribution in [2.45, 2.75) is 5.41 Å². The predicted molar refractivity (Wildman–Crippen MR) is 240 cm³/mol. The Morgan fingerprint density at radius 3 is 1.79 bits per heavy atom. The first kappa shape index (κ1) is 32.6. The van der Waals surface area contributed by atoms with E-state index in [1.807, 2.05) is 6.07 Å². The third-order valence-corrected chi connectivity index (χ3v) is 12.3. The van der Waals surface area contributed by atoms with Crippen LogP contribution in [0, 0.1) is 0 Å². The molecule has 11 aromatic rings. The fourth-order valence-electron chi connectivity index (χ4n) is 9.95. The van der Waals surface area contributed by atoms with Gasteiger partial charge in [-0.05, 0) is 88.0 Å². The first-order chi connectivity index (χ1) is 28.8. The van der Waals surface area contributed by atoms with Gasteiger partial charge in [0.05, 0.1) is 33.2 Å². The van der Waals surface area contributed by atoms with Crippen molar-refractivity contribution in [2.24, 2.45) is 0 Å². The lowest BCUT2D eigenvalue weighted by atomic mass is 9.67. The van der Waals surface area contributed by atoms with E-state index in [0.29, 0.717) is 0 Å². The summed E-state index contributed by atoms with van der Waals surface area (Å²) < 4.78 is 9.01. The Balaban J connectivity index is 1.23. The highest BCUT2D eigenvalue weighted by atomic mass is 16.3. The number of rotatable bonds is 6. The highest BCUT2D eigenvalue weighted by molar-refractivity contribution is 6.18. The molecule has 0 saturated carbocycles. The molecule has 3 nitrogen and oxygen atoms in total. The van der Waals surface area contributed by atoms with Crippen LogP contribution in [-0.4, -0.2) is 4.57 Å². The van der Waals surface area contributed by atoms with Gasteiger partial charge in [-0.1, -0.05) is 164 Å². The topological polar surface area (TPSA) is 21.3 Å². The van der Waals surface area contributed by atoms with Crippen LogP contribution in [0.1, 0.15) is 22.3 Å². The van der Waals surface area contributed by atoms with Crippen LogP contribution >= 0.6 is 0 Å². The summed E-state index contributed by atoms with van der Waals surface area (Å²) in [7, 11) is 0. The molecule has 0 saturated heterocycles. The van der Waals surface area contributed by atoms with Crippen molar-refractivity contribution in [3.63, 3.8) is 0 Å². The number of nitrogens with zero attached hydrogens (tertiary/aromatic N) is 2. The first-order valence-corrected chi connectivity index (χ1v) is 19.9. The molecule has 58 heavy (non-hydrogen) atoms. The number of hydrogen-bond acceptors (Lipinski definition) is 2. The Morgan fingerprint density at radius 1 is 0.414 bits per heavy atom. The van der Waals surface area contributed by atoms with Gasteiger partial charge in [0.15, 0.2) is 0 Å². The van der Waals surface area contributed by atoms with Crippen LogP contribution in [0.15, 0.2) is 223 Å². The fourth-order valence-corrected chi connectivity index (χ4v) is 9.95. The van der Waals surface area contributed by atoms with E-state index in [9.17, 15) is 0 Å². The molecule has 0 N–H and O–H groups in total. The smallest absolute Gasteiger partial charge is 0.137 e. The SMILES string of the molecule is c1ccc(-n2c3ccccc3c3cccc(N(c4ccc5c(c4)C(c4ccccc4)(c4ccccc4)c4ccccc4-5)c4cccc5oc6ccccc6c45)c32)cc1. The molecule has 0 aliphatic heterocycles. The molecular formula is C55H36N2O. The molecule has 0 radical (unpaired) electrons. The minimum absolute atomic E-state index is 0.546. The number of benzene rings is 9. The molecule has 0 fully saturated rings. The molecule has 0 amide bonds. The van der Waals surface area contributed by atoms with Gasteiger partial charge in [-0.25, -0.2) is 0 Å². The highest BCUT2D eigenvalue weighted by Gasteiger charge is 2.46. The van der Waals surface area contributed by atoms with Crippen LogP contribution in [0.5, 0.6) is 0 Å². The molecule has 1 aliphatic carbocycles. The van der Waals surface area contributed by atoms with Crippen LogP contribution < -0.4 is 4.90 Å². The summed E-state index contributed by atoms with van der Waals surface area (Å²) in [5, 5.41) is 4.58. The second-order valence-corrected chi connectivity index (χ2v) is 15.2. The average molecular weight is 741 g/mol. The Kier molecular flexibility index (Phi) is 7.14. The second kappa shape index (κ2) is 12.7. The zero-order valence-corrected chi connectivity index (χ0v) is 31.6. The minimum atomic E-state index is -0.546. The van der Waals surface area contributed by atoms with Crippen molar-refractivity contribution < 1.29 is 4.42 Å². The molecule has 0 spiro atoms. The van der Waals surface area contributed by atoms with Gasteiger partial charge in [0.25, 0.3) is 0 Å². The third-order valence-electron chi connectivity index (χ3n) is 12.3. The molecule has 2 aromatic heterocycles. The number of para-hydroxylation sites is 4. The summed E-state index contributed by atoms with van der Waals surface area (Å²) >= 11 is 0. The molecule has 272 valence electrons.